The molecule has 0 spiro atoms. The average Bonchev–Trinajstić information content (AvgIpc) is 2.99. The molecule has 0 fully saturated rings. The van der Waals surface area contributed by atoms with E-state index in [1.807, 2.05) is 5.38 Å². The summed E-state index contributed by atoms with van der Waals surface area (Å²) in [5.41, 5.74) is 1.08. The van der Waals surface area contributed by atoms with Crippen LogP contribution in [0.15, 0.2) is 40.8 Å². The predicted octanol–water partition coefficient (Wildman–Crippen LogP) is 3.78. The smallest absolute Gasteiger partial charge is 0.329 e. The molecule has 0 radical (unpaired) electrons. The van der Waals surface area contributed by atoms with Gasteiger partial charge in [0.15, 0.2) is 0 Å². The van der Waals surface area contributed by atoms with Crippen LogP contribution in [-0.4, -0.2) is 21.6 Å². The van der Waals surface area contributed by atoms with Gasteiger partial charge in [-0.05, 0) is 38.5 Å². The van der Waals surface area contributed by atoms with Crippen molar-refractivity contribution in [3.63, 3.8) is 0 Å². The van der Waals surface area contributed by atoms with Crippen molar-refractivity contribution in [2.24, 2.45) is 0 Å². The van der Waals surface area contributed by atoms with E-state index in [9.17, 15) is 14.0 Å². The van der Waals surface area contributed by atoms with E-state index in [1.165, 1.54) is 34.4 Å². The molecule has 0 aliphatic carbocycles. The molecule has 130 valence electrons. The van der Waals surface area contributed by atoms with Crippen LogP contribution < -0.4 is 5.56 Å². The number of rotatable bonds is 4. The van der Waals surface area contributed by atoms with Gasteiger partial charge >= 0.3 is 5.97 Å². The van der Waals surface area contributed by atoms with E-state index < -0.39 is 12.0 Å². The van der Waals surface area contributed by atoms with E-state index in [-0.39, 0.29) is 17.5 Å². The Morgan fingerprint density at radius 2 is 1.92 bits per heavy atom. The topological polar surface area (TPSA) is 61.2 Å². The highest BCUT2D eigenvalue weighted by Gasteiger charge is 2.22. The quantitative estimate of drug-likeness (QED) is 0.665. The highest BCUT2D eigenvalue weighted by Crippen LogP contribution is 2.31. The van der Waals surface area contributed by atoms with E-state index in [1.54, 1.807) is 32.9 Å². The normalized spacial score (nSPS) is 12.5. The standard InChI is InChI=1S/C18H17FN2O3S/c1-10(2)24-18(23)11(3)21-9-20-16-15(17(21)22)14(8-25-16)12-4-6-13(19)7-5-12/h4-11H,1-3H3. The van der Waals surface area contributed by atoms with Gasteiger partial charge in [0.25, 0.3) is 5.56 Å². The maximum Gasteiger partial charge on any atom is 0.329 e. The fourth-order valence-electron chi connectivity index (χ4n) is 2.51. The first-order chi connectivity index (χ1) is 11.9. The zero-order chi connectivity index (χ0) is 18.1. The molecule has 1 atom stereocenters. The second-order valence-electron chi connectivity index (χ2n) is 5.96. The summed E-state index contributed by atoms with van der Waals surface area (Å²) in [5, 5.41) is 2.23. The van der Waals surface area contributed by atoms with Gasteiger partial charge in [-0.15, -0.1) is 11.3 Å². The van der Waals surface area contributed by atoms with Crippen LogP contribution in [0.4, 0.5) is 4.39 Å². The summed E-state index contributed by atoms with van der Waals surface area (Å²) in [6.45, 7) is 5.10. The Morgan fingerprint density at radius 1 is 1.24 bits per heavy atom. The molecular formula is C18H17FN2O3S. The van der Waals surface area contributed by atoms with Crippen LogP contribution in [0.25, 0.3) is 21.3 Å². The van der Waals surface area contributed by atoms with Gasteiger partial charge in [0.1, 0.15) is 16.7 Å². The number of nitrogens with zero attached hydrogens (tertiary/aromatic N) is 2. The van der Waals surface area contributed by atoms with Gasteiger partial charge in [-0.25, -0.2) is 14.2 Å². The molecule has 1 unspecified atom stereocenters. The summed E-state index contributed by atoms with van der Waals surface area (Å²) in [4.78, 5) is 29.9. The molecule has 3 aromatic rings. The Kier molecular flexibility index (Phi) is 4.67. The van der Waals surface area contributed by atoms with Crippen LogP contribution in [0, 0.1) is 5.82 Å². The van der Waals surface area contributed by atoms with Crippen molar-refractivity contribution in [1.29, 1.82) is 0 Å². The van der Waals surface area contributed by atoms with Crippen LogP contribution in [0.1, 0.15) is 26.8 Å². The van der Waals surface area contributed by atoms with E-state index in [4.69, 9.17) is 4.74 Å². The first-order valence-corrected chi connectivity index (χ1v) is 8.71. The monoisotopic (exact) mass is 360 g/mol. The maximum atomic E-state index is 13.2. The van der Waals surface area contributed by atoms with Crippen LogP contribution in [0.5, 0.6) is 0 Å². The molecule has 0 aliphatic rings. The minimum absolute atomic E-state index is 0.265. The molecule has 3 rings (SSSR count). The first kappa shape index (κ1) is 17.3. The second kappa shape index (κ2) is 6.76. The third kappa shape index (κ3) is 3.32. The number of ether oxygens (including phenoxy) is 1. The van der Waals surface area contributed by atoms with E-state index in [0.29, 0.717) is 15.8 Å². The third-order valence-corrected chi connectivity index (χ3v) is 4.67. The number of hydrogen-bond donors (Lipinski definition) is 0. The highest BCUT2D eigenvalue weighted by atomic mass is 32.1. The summed E-state index contributed by atoms with van der Waals surface area (Å²) in [7, 11) is 0. The molecule has 0 saturated heterocycles. The lowest BCUT2D eigenvalue weighted by molar-refractivity contribution is -0.151. The molecule has 0 bridgehead atoms. The second-order valence-corrected chi connectivity index (χ2v) is 6.81. The molecular weight excluding hydrogens is 343 g/mol. The largest absolute Gasteiger partial charge is 0.461 e. The van der Waals surface area contributed by atoms with E-state index in [0.717, 1.165) is 5.56 Å². The van der Waals surface area contributed by atoms with Crippen molar-refractivity contribution in [3.8, 4) is 11.1 Å². The van der Waals surface area contributed by atoms with Gasteiger partial charge in [0.2, 0.25) is 0 Å². The van der Waals surface area contributed by atoms with Crippen LogP contribution in [0.3, 0.4) is 0 Å². The minimum Gasteiger partial charge on any atom is -0.461 e. The molecule has 2 aromatic heterocycles. The number of fused-ring (bicyclic) bond motifs is 1. The van der Waals surface area contributed by atoms with Crippen molar-refractivity contribution < 1.29 is 13.9 Å². The summed E-state index contributed by atoms with van der Waals surface area (Å²) in [6, 6.07) is 5.13. The van der Waals surface area contributed by atoms with Crippen molar-refractivity contribution in [3.05, 3.63) is 52.1 Å². The average molecular weight is 360 g/mol. The summed E-state index contributed by atoms with van der Waals surface area (Å²) >= 11 is 1.33. The first-order valence-electron chi connectivity index (χ1n) is 7.83. The molecule has 7 heteroatoms. The molecule has 0 aliphatic heterocycles. The fourth-order valence-corrected chi connectivity index (χ4v) is 3.41. The molecule has 0 amide bonds. The highest BCUT2D eigenvalue weighted by molar-refractivity contribution is 7.17. The Bertz CT molecular complexity index is 976. The molecule has 2 heterocycles. The fraction of sp³-hybridized carbons (Fsp3) is 0.278. The van der Waals surface area contributed by atoms with Crippen LogP contribution in [0.2, 0.25) is 0 Å². The summed E-state index contributed by atoms with van der Waals surface area (Å²) in [6.07, 6.45) is 1.10. The zero-order valence-electron chi connectivity index (χ0n) is 14.0. The molecule has 0 saturated carbocycles. The zero-order valence-corrected chi connectivity index (χ0v) is 14.8. The van der Waals surface area contributed by atoms with Gasteiger partial charge in [-0.1, -0.05) is 12.1 Å². The van der Waals surface area contributed by atoms with Crippen LogP contribution >= 0.6 is 11.3 Å². The number of halogens is 1. The van der Waals surface area contributed by atoms with Gasteiger partial charge < -0.3 is 4.74 Å². The molecule has 1 aromatic carbocycles. The Labute approximate surface area is 147 Å². The summed E-state index contributed by atoms with van der Waals surface area (Å²) in [5.74, 6) is -0.833. The molecule has 0 N–H and O–H groups in total. The lowest BCUT2D eigenvalue weighted by Gasteiger charge is -2.16. The van der Waals surface area contributed by atoms with Crippen molar-refractivity contribution in [1.82, 2.24) is 9.55 Å². The van der Waals surface area contributed by atoms with Gasteiger partial charge in [-0.2, -0.15) is 0 Å². The molecule has 5 nitrogen and oxygen atoms in total. The maximum absolute atomic E-state index is 13.2. The predicted molar refractivity (Wildman–Crippen MR) is 95.2 cm³/mol. The minimum atomic E-state index is -0.784. The number of hydrogen-bond acceptors (Lipinski definition) is 5. The number of benzene rings is 1. The molecule has 25 heavy (non-hydrogen) atoms. The van der Waals surface area contributed by atoms with Crippen molar-refractivity contribution in [2.45, 2.75) is 32.9 Å². The third-order valence-electron chi connectivity index (χ3n) is 3.78. The van der Waals surface area contributed by atoms with Gasteiger partial charge in [0.05, 0.1) is 17.8 Å². The van der Waals surface area contributed by atoms with Crippen LogP contribution in [-0.2, 0) is 9.53 Å². The lowest BCUT2D eigenvalue weighted by Crippen LogP contribution is -2.30. The number of carbonyl (C=O) groups is 1. The van der Waals surface area contributed by atoms with Crippen molar-refractivity contribution in [2.75, 3.05) is 0 Å². The number of aromatic nitrogens is 2. The van der Waals surface area contributed by atoms with E-state index in [2.05, 4.69) is 4.98 Å². The SMILES string of the molecule is CC(C)OC(=O)C(C)n1cnc2scc(-c3ccc(F)cc3)c2c1=O. The Balaban J connectivity index is 2.10. The Hall–Kier alpha value is -2.54. The lowest BCUT2D eigenvalue weighted by atomic mass is 10.1. The number of esters is 1. The van der Waals surface area contributed by atoms with Gasteiger partial charge in [-0.3, -0.25) is 9.36 Å². The Morgan fingerprint density at radius 3 is 2.56 bits per heavy atom. The van der Waals surface area contributed by atoms with Gasteiger partial charge in [0, 0.05) is 10.9 Å². The number of carbonyl (C=O) groups excluding carboxylic acids is 1. The summed E-state index contributed by atoms with van der Waals surface area (Å²) < 4.78 is 19.6. The van der Waals surface area contributed by atoms with Crippen molar-refractivity contribution >= 4 is 27.5 Å². The number of thiophene rings is 1. The van der Waals surface area contributed by atoms with E-state index >= 15 is 0 Å².